The molecule has 0 unspecified atom stereocenters. The first-order valence-corrected chi connectivity index (χ1v) is 10.6. The quantitative estimate of drug-likeness (QED) is 0.682. The van der Waals surface area contributed by atoms with Gasteiger partial charge in [-0.05, 0) is 38.0 Å². The lowest BCUT2D eigenvalue weighted by atomic mass is 9.88. The number of hydrogen-bond donors (Lipinski definition) is 3. The number of hydrogen-bond acceptors (Lipinski definition) is 4. The molecular formula is C21H36N4O2. The summed E-state index contributed by atoms with van der Waals surface area (Å²) >= 11 is 0. The van der Waals surface area contributed by atoms with Gasteiger partial charge in [0.05, 0.1) is 0 Å². The van der Waals surface area contributed by atoms with E-state index in [-0.39, 0.29) is 17.9 Å². The van der Waals surface area contributed by atoms with Gasteiger partial charge in [-0.15, -0.1) is 0 Å². The molecule has 27 heavy (non-hydrogen) atoms. The van der Waals surface area contributed by atoms with Gasteiger partial charge in [0.2, 0.25) is 0 Å². The van der Waals surface area contributed by atoms with E-state index in [1.807, 2.05) is 0 Å². The molecule has 3 rings (SSSR count). The Kier molecular flexibility index (Phi) is 6.58. The van der Waals surface area contributed by atoms with Gasteiger partial charge in [0.1, 0.15) is 0 Å². The largest absolute Gasteiger partial charge is 0.396 e. The number of nitrogens with zero attached hydrogens (tertiary/aromatic N) is 2. The highest BCUT2D eigenvalue weighted by molar-refractivity contribution is 5.93. The molecule has 0 spiro atoms. The van der Waals surface area contributed by atoms with Crippen molar-refractivity contribution < 1.29 is 9.90 Å². The minimum atomic E-state index is -0.130. The number of nitrogens with one attached hydrogen (secondary N) is 2. The maximum absolute atomic E-state index is 12.4. The fraction of sp³-hybridized carbons (Fsp3) is 0.810. The highest BCUT2D eigenvalue weighted by Gasteiger charge is 2.30. The third kappa shape index (κ3) is 4.91. The molecule has 1 aromatic rings. The molecule has 0 radical (unpaired) electrons. The van der Waals surface area contributed by atoms with Crippen molar-refractivity contribution in [1.29, 1.82) is 0 Å². The summed E-state index contributed by atoms with van der Waals surface area (Å²) in [5.41, 5.74) is 2.86. The van der Waals surface area contributed by atoms with Gasteiger partial charge in [-0.25, -0.2) is 0 Å². The number of fused-ring (bicyclic) bond motifs is 1. The summed E-state index contributed by atoms with van der Waals surface area (Å²) in [6.07, 6.45) is 9.42. The molecule has 0 aromatic carbocycles. The monoisotopic (exact) mass is 376 g/mol. The van der Waals surface area contributed by atoms with Crippen molar-refractivity contribution in [2.75, 3.05) is 20.2 Å². The second-order valence-corrected chi connectivity index (χ2v) is 9.18. The van der Waals surface area contributed by atoms with Gasteiger partial charge >= 0.3 is 0 Å². The van der Waals surface area contributed by atoms with E-state index in [0.717, 1.165) is 37.9 Å². The van der Waals surface area contributed by atoms with Crippen LogP contribution in [0.2, 0.25) is 0 Å². The Morgan fingerprint density at radius 1 is 1.26 bits per heavy atom. The molecule has 1 atom stereocenters. The number of aliphatic hydroxyl groups excluding tert-OH is 1. The Hall–Kier alpha value is -1.40. The fourth-order valence-electron chi connectivity index (χ4n) is 4.40. The molecule has 0 aliphatic heterocycles. The van der Waals surface area contributed by atoms with Gasteiger partial charge in [0.15, 0.2) is 5.69 Å². The smallest absolute Gasteiger partial charge is 0.271 e. The highest BCUT2D eigenvalue weighted by atomic mass is 16.3. The van der Waals surface area contributed by atoms with Crippen molar-refractivity contribution in [3.8, 4) is 0 Å². The van der Waals surface area contributed by atoms with E-state index in [0.29, 0.717) is 17.7 Å². The van der Waals surface area contributed by atoms with Gasteiger partial charge in [0.25, 0.3) is 5.91 Å². The molecule has 1 saturated carbocycles. The fourth-order valence-corrected chi connectivity index (χ4v) is 4.40. The van der Waals surface area contributed by atoms with E-state index in [9.17, 15) is 9.90 Å². The van der Waals surface area contributed by atoms with Gasteiger partial charge < -0.3 is 15.7 Å². The maximum atomic E-state index is 12.4. The second kappa shape index (κ2) is 8.74. The molecular weight excluding hydrogens is 340 g/mol. The standard InChI is InChI=1S/C21H36N4O2/c1-21(2,14-26)13-23-16-9-10-18-17(11-16)19(20(27)22-3)24-25(18)12-15-7-5-4-6-8-15/h15-16,23,26H,4-14H2,1-3H3,(H,22,27)/t16-/m1/s1. The molecule has 6 heteroatoms. The Balaban J connectivity index is 1.75. The van der Waals surface area contributed by atoms with Crippen molar-refractivity contribution in [3.63, 3.8) is 0 Å². The normalized spacial score (nSPS) is 21.1. The van der Waals surface area contributed by atoms with Crippen LogP contribution in [0.25, 0.3) is 0 Å². The zero-order valence-electron chi connectivity index (χ0n) is 17.2. The summed E-state index contributed by atoms with van der Waals surface area (Å²) in [6.45, 7) is 6.02. The predicted molar refractivity (Wildman–Crippen MR) is 107 cm³/mol. The first kappa shape index (κ1) is 20.3. The number of carbonyl (C=O) groups excluding carboxylic acids is 1. The van der Waals surface area contributed by atoms with Crippen LogP contribution in [0, 0.1) is 11.3 Å². The molecule has 3 N–H and O–H groups in total. The number of aromatic nitrogens is 2. The second-order valence-electron chi connectivity index (χ2n) is 9.18. The lowest BCUT2D eigenvalue weighted by Crippen LogP contribution is -2.42. The predicted octanol–water partition coefficient (Wildman–Crippen LogP) is 2.29. The van der Waals surface area contributed by atoms with E-state index >= 15 is 0 Å². The molecule has 1 aromatic heterocycles. The average Bonchev–Trinajstić information content (AvgIpc) is 3.04. The Morgan fingerprint density at radius 2 is 2.00 bits per heavy atom. The Labute approximate surface area is 163 Å². The van der Waals surface area contributed by atoms with Gasteiger partial charge in [-0.1, -0.05) is 33.1 Å². The Morgan fingerprint density at radius 3 is 2.67 bits per heavy atom. The highest BCUT2D eigenvalue weighted by Crippen LogP contribution is 2.29. The molecule has 0 bridgehead atoms. The number of amides is 1. The summed E-state index contributed by atoms with van der Waals surface area (Å²) in [5.74, 6) is 0.617. The van der Waals surface area contributed by atoms with Crippen molar-refractivity contribution >= 4 is 5.91 Å². The zero-order valence-corrected chi connectivity index (χ0v) is 17.2. The van der Waals surface area contributed by atoms with Crippen LogP contribution in [0.5, 0.6) is 0 Å². The first-order valence-electron chi connectivity index (χ1n) is 10.6. The third-order valence-electron chi connectivity index (χ3n) is 6.24. The van der Waals surface area contributed by atoms with Crippen LogP contribution in [0.4, 0.5) is 0 Å². The van der Waals surface area contributed by atoms with Crippen LogP contribution < -0.4 is 10.6 Å². The van der Waals surface area contributed by atoms with Crippen molar-refractivity contribution in [1.82, 2.24) is 20.4 Å². The summed E-state index contributed by atoms with van der Waals surface area (Å²) in [5, 5.41) is 20.6. The van der Waals surface area contributed by atoms with Crippen LogP contribution in [0.1, 0.15) is 74.1 Å². The molecule has 2 aliphatic rings. The van der Waals surface area contributed by atoms with Gasteiger partial charge in [-0.2, -0.15) is 5.10 Å². The average molecular weight is 377 g/mol. The van der Waals surface area contributed by atoms with Crippen LogP contribution in [0.15, 0.2) is 0 Å². The molecule has 2 aliphatic carbocycles. The number of aliphatic hydroxyl groups is 1. The van der Waals surface area contributed by atoms with Crippen LogP contribution in [-0.2, 0) is 19.4 Å². The summed E-state index contributed by atoms with van der Waals surface area (Å²) < 4.78 is 2.14. The van der Waals surface area contributed by atoms with Crippen molar-refractivity contribution in [2.24, 2.45) is 11.3 Å². The lowest BCUT2D eigenvalue weighted by molar-refractivity contribution is 0.0956. The molecule has 0 saturated heterocycles. The van der Waals surface area contributed by atoms with E-state index in [4.69, 9.17) is 5.10 Å². The molecule has 152 valence electrons. The summed E-state index contributed by atoms with van der Waals surface area (Å²) in [4.78, 5) is 12.4. The van der Waals surface area contributed by atoms with Gasteiger partial charge in [-0.3, -0.25) is 9.48 Å². The van der Waals surface area contributed by atoms with E-state index in [1.54, 1.807) is 7.05 Å². The zero-order chi connectivity index (χ0) is 19.4. The van der Waals surface area contributed by atoms with E-state index < -0.39 is 0 Å². The summed E-state index contributed by atoms with van der Waals surface area (Å²) in [7, 11) is 1.68. The number of rotatable bonds is 7. The van der Waals surface area contributed by atoms with Crippen LogP contribution in [-0.4, -0.2) is 47.0 Å². The molecule has 6 nitrogen and oxygen atoms in total. The minimum Gasteiger partial charge on any atom is -0.396 e. The van der Waals surface area contributed by atoms with Crippen LogP contribution in [0.3, 0.4) is 0 Å². The first-order chi connectivity index (χ1) is 12.9. The van der Waals surface area contributed by atoms with E-state index in [1.165, 1.54) is 37.8 Å². The Bertz CT molecular complexity index is 647. The van der Waals surface area contributed by atoms with Crippen LogP contribution >= 0.6 is 0 Å². The topological polar surface area (TPSA) is 79.2 Å². The SMILES string of the molecule is CNC(=O)c1nn(CC2CCCCC2)c2c1C[C@H](NCC(C)(C)CO)CC2. The third-order valence-corrected chi connectivity index (χ3v) is 6.24. The lowest BCUT2D eigenvalue weighted by Gasteiger charge is -2.29. The van der Waals surface area contributed by atoms with Gasteiger partial charge in [0, 0.05) is 49.5 Å². The summed E-state index contributed by atoms with van der Waals surface area (Å²) in [6, 6.07) is 0.332. The molecule has 1 amide bonds. The molecule has 1 fully saturated rings. The maximum Gasteiger partial charge on any atom is 0.271 e. The minimum absolute atomic E-state index is 0.0787. The number of carbonyl (C=O) groups is 1. The molecule has 1 heterocycles. The van der Waals surface area contributed by atoms with Crippen molar-refractivity contribution in [2.45, 2.75) is 77.8 Å². The van der Waals surface area contributed by atoms with E-state index in [2.05, 4.69) is 29.2 Å². The van der Waals surface area contributed by atoms with Crippen molar-refractivity contribution in [3.05, 3.63) is 17.0 Å².